The number of benzene rings is 2. The lowest BCUT2D eigenvalue weighted by atomic mass is 10.1. The van der Waals surface area contributed by atoms with Crippen molar-refractivity contribution < 1.29 is 0 Å². The number of nitrogens with two attached hydrogens (primary N) is 1. The number of hydrogen-bond donors (Lipinski definition) is 1. The van der Waals surface area contributed by atoms with Gasteiger partial charge in [-0.05, 0) is 38.5 Å². The second-order valence-corrected chi connectivity index (χ2v) is 6.33. The van der Waals surface area contributed by atoms with E-state index in [2.05, 4.69) is 55.7 Å². The Hall–Kier alpha value is -2.13. The van der Waals surface area contributed by atoms with Gasteiger partial charge in [-0.1, -0.05) is 36.4 Å². The molecule has 0 unspecified atom stereocenters. The van der Waals surface area contributed by atoms with Crippen molar-refractivity contribution in [2.45, 2.75) is 32.9 Å². The van der Waals surface area contributed by atoms with Crippen molar-refractivity contribution in [1.82, 2.24) is 9.55 Å². The fourth-order valence-corrected chi connectivity index (χ4v) is 2.71. The molecule has 0 radical (unpaired) electrons. The SMILES string of the molecule is CC(C)(C)n1c(-c2ccccc2)nc2cc(CN)ccc21. The lowest BCUT2D eigenvalue weighted by molar-refractivity contribution is 0.413. The van der Waals surface area contributed by atoms with Crippen molar-refractivity contribution in [3.05, 3.63) is 54.1 Å². The Morgan fingerprint density at radius 3 is 2.38 bits per heavy atom. The van der Waals surface area contributed by atoms with E-state index in [1.54, 1.807) is 0 Å². The van der Waals surface area contributed by atoms with Crippen LogP contribution in [0.5, 0.6) is 0 Å². The normalized spacial score (nSPS) is 12.0. The third-order valence-corrected chi connectivity index (χ3v) is 3.66. The first-order chi connectivity index (χ1) is 10.0. The van der Waals surface area contributed by atoms with Gasteiger partial charge < -0.3 is 10.3 Å². The summed E-state index contributed by atoms with van der Waals surface area (Å²) in [5.74, 6) is 1.01. The molecule has 0 aliphatic rings. The number of rotatable bonds is 2. The zero-order chi connectivity index (χ0) is 15.0. The van der Waals surface area contributed by atoms with Crippen LogP contribution in [0.25, 0.3) is 22.4 Å². The van der Waals surface area contributed by atoms with Gasteiger partial charge in [-0.25, -0.2) is 4.98 Å². The first kappa shape index (κ1) is 13.8. The average Bonchev–Trinajstić information content (AvgIpc) is 2.86. The molecule has 108 valence electrons. The molecule has 0 aliphatic heterocycles. The zero-order valence-corrected chi connectivity index (χ0v) is 12.8. The Kier molecular flexibility index (Phi) is 3.30. The Morgan fingerprint density at radius 2 is 1.76 bits per heavy atom. The van der Waals surface area contributed by atoms with Gasteiger partial charge in [-0.2, -0.15) is 0 Å². The van der Waals surface area contributed by atoms with E-state index in [4.69, 9.17) is 10.7 Å². The van der Waals surface area contributed by atoms with E-state index in [-0.39, 0.29) is 5.54 Å². The van der Waals surface area contributed by atoms with Crippen LogP contribution >= 0.6 is 0 Å². The molecule has 3 heteroatoms. The summed E-state index contributed by atoms with van der Waals surface area (Å²) in [4.78, 5) is 4.87. The largest absolute Gasteiger partial charge is 0.326 e. The fourth-order valence-electron chi connectivity index (χ4n) is 2.71. The fraction of sp³-hybridized carbons (Fsp3) is 0.278. The number of fused-ring (bicyclic) bond motifs is 1. The van der Waals surface area contributed by atoms with Gasteiger partial charge in [0.1, 0.15) is 5.82 Å². The third-order valence-electron chi connectivity index (χ3n) is 3.66. The quantitative estimate of drug-likeness (QED) is 0.772. The number of aromatic nitrogens is 2. The second-order valence-electron chi connectivity index (χ2n) is 6.33. The van der Waals surface area contributed by atoms with Crippen molar-refractivity contribution in [2.24, 2.45) is 5.73 Å². The molecule has 1 heterocycles. The summed E-state index contributed by atoms with van der Waals surface area (Å²) < 4.78 is 2.30. The van der Waals surface area contributed by atoms with Crippen LogP contribution in [0, 0.1) is 0 Å². The minimum atomic E-state index is -0.0375. The van der Waals surface area contributed by atoms with Crippen LogP contribution < -0.4 is 5.73 Å². The Bertz CT molecular complexity index is 764. The van der Waals surface area contributed by atoms with Gasteiger partial charge in [0.05, 0.1) is 11.0 Å². The van der Waals surface area contributed by atoms with Gasteiger partial charge >= 0.3 is 0 Å². The van der Waals surface area contributed by atoms with E-state index >= 15 is 0 Å². The number of nitrogens with zero attached hydrogens (tertiary/aromatic N) is 2. The predicted octanol–water partition coefficient (Wildman–Crippen LogP) is 3.92. The van der Waals surface area contributed by atoms with Crippen LogP contribution in [0.3, 0.4) is 0 Å². The molecule has 2 aromatic carbocycles. The molecular weight excluding hydrogens is 258 g/mol. The topological polar surface area (TPSA) is 43.8 Å². The van der Waals surface area contributed by atoms with Crippen molar-refractivity contribution in [3.63, 3.8) is 0 Å². The molecule has 0 saturated carbocycles. The molecule has 3 rings (SSSR count). The smallest absolute Gasteiger partial charge is 0.141 e. The van der Waals surface area contributed by atoms with Crippen LogP contribution in [-0.4, -0.2) is 9.55 Å². The Morgan fingerprint density at radius 1 is 1.05 bits per heavy atom. The van der Waals surface area contributed by atoms with E-state index < -0.39 is 0 Å². The molecule has 1 aromatic heterocycles. The molecule has 0 saturated heterocycles. The molecule has 3 aromatic rings. The van der Waals surface area contributed by atoms with E-state index in [0.29, 0.717) is 6.54 Å². The number of hydrogen-bond acceptors (Lipinski definition) is 2. The highest BCUT2D eigenvalue weighted by molar-refractivity contribution is 5.81. The van der Waals surface area contributed by atoms with Crippen molar-refractivity contribution in [3.8, 4) is 11.4 Å². The summed E-state index contributed by atoms with van der Waals surface area (Å²) in [7, 11) is 0. The first-order valence-electron chi connectivity index (χ1n) is 7.28. The van der Waals surface area contributed by atoms with E-state index in [1.807, 2.05) is 18.2 Å². The maximum atomic E-state index is 5.75. The molecule has 0 aliphatic carbocycles. The molecular formula is C18H21N3. The van der Waals surface area contributed by atoms with E-state index in [1.165, 1.54) is 0 Å². The first-order valence-corrected chi connectivity index (χ1v) is 7.28. The van der Waals surface area contributed by atoms with Gasteiger partial charge in [0.15, 0.2) is 0 Å². The minimum absolute atomic E-state index is 0.0375. The maximum Gasteiger partial charge on any atom is 0.141 e. The molecule has 0 atom stereocenters. The summed E-state index contributed by atoms with van der Waals surface area (Å²) in [6.45, 7) is 7.16. The van der Waals surface area contributed by atoms with Crippen molar-refractivity contribution in [1.29, 1.82) is 0 Å². The summed E-state index contributed by atoms with van der Waals surface area (Å²) in [5, 5.41) is 0. The van der Waals surface area contributed by atoms with Gasteiger partial charge in [0.2, 0.25) is 0 Å². The monoisotopic (exact) mass is 279 g/mol. The standard InChI is InChI=1S/C18H21N3/c1-18(2,3)21-16-10-9-13(12-19)11-15(16)20-17(21)14-7-5-4-6-8-14/h4-11H,12,19H2,1-3H3. The lowest BCUT2D eigenvalue weighted by Gasteiger charge is -2.24. The maximum absolute atomic E-state index is 5.75. The van der Waals surface area contributed by atoms with Crippen LogP contribution in [0.1, 0.15) is 26.3 Å². The van der Waals surface area contributed by atoms with Crippen LogP contribution in [0.4, 0.5) is 0 Å². The molecule has 3 nitrogen and oxygen atoms in total. The molecule has 21 heavy (non-hydrogen) atoms. The summed E-state index contributed by atoms with van der Waals surface area (Å²) in [6, 6.07) is 16.6. The van der Waals surface area contributed by atoms with Crippen LogP contribution in [0.15, 0.2) is 48.5 Å². The number of imidazole rings is 1. The molecule has 0 spiro atoms. The zero-order valence-electron chi connectivity index (χ0n) is 12.8. The predicted molar refractivity (Wildman–Crippen MR) is 88.1 cm³/mol. The highest BCUT2D eigenvalue weighted by Crippen LogP contribution is 2.31. The minimum Gasteiger partial charge on any atom is -0.326 e. The van der Waals surface area contributed by atoms with Gasteiger partial charge in [0.25, 0.3) is 0 Å². The lowest BCUT2D eigenvalue weighted by Crippen LogP contribution is -2.22. The highest BCUT2D eigenvalue weighted by Gasteiger charge is 2.22. The third kappa shape index (κ3) is 2.45. The van der Waals surface area contributed by atoms with Crippen LogP contribution in [-0.2, 0) is 12.1 Å². The molecule has 0 bridgehead atoms. The summed E-state index contributed by atoms with van der Waals surface area (Å²) >= 11 is 0. The molecule has 2 N–H and O–H groups in total. The van der Waals surface area contributed by atoms with Crippen molar-refractivity contribution >= 4 is 11.0 Å². The Balaban J connectivity index is 2.33. The van der Waals surface area contributed by atoms with Gasteiger partial charge in [-0.15, -0.1) is 0 Å². The second kappa shape index (κ2) is 5.01. The van der Waals surface area contributed by atoms with Crippen molar-refractivity contribution in [2.75, 3.05) is 0 Å². The Labute approximate surface area is 125 Å². The molecule has 0 fully saturated rings. The van der Waals surface area contributed by atoms with E-state index in [9.17, 15) is 0 Å². The highest BCUT2D eigenvalue weighted by atomic mass is 15.1. The summed E-state index contributed by atoms with van der Waals surface area (Å²) in [6.07, 6.45) is 0. The van der Waals surface area contributed by atoms with Gasteiger partial charge in [0, 0.05) is 17.6 Å². The summed E-state index contributed by atoms with van der Waals surface area (Å²) in [5.41, 5.74) is 10.1. The molecule has 0 amide bonds. The van der Waals surface area contributed by atoms with E-state index in [0.717, 1.165) is 28.0 Å². The average molecular weight is 279 g/mol. The van der Waals surface area contributed by atoms with Gasteiger partial charge in [-0.3, -0.25) is 0 Å². The van der Waals surface area contributed by atoms with Crippen LogP contribution in [0.2, 0.25) is 0 Å².